The number of carbonyl (C=O) groups excluding carboxylic acids is 6. The highest BCUT2D eigenvalue weighted by atomic mass is 16.6. The van der Waals surface area contributed by atoms with E-state index in [1.54, 1.807) is 151 Å². The normalized spacial score (nSPS) is 17.3. The van der Waals surface area contributed by atoms with E-state index in [1.807, 2.05) is 61.5 Å². The van der Waals surface area contributed by atoms with Crippen molar-refractivity contribution < 1.29 is 126 Å². The Morgan fingerprint density at radius 2 is 0.556 bits per heavy atom. The number of carbonyl (C=O) groups is 11. The molecule has 6 aliphatic heterocycles. The third-order valence-electron chi connectivity index (χ3n) is 22.8. The van der Waals surface area contributed by atoms with Crippen molar-refractivity contribution in [3.63, 3.8) is 0 Å². The molecule has 142 heavy (non-hydrogen) atoms. The number of benzene rings is 7. The van der Waals surface area contributed by atoms with Crippen molar-refractivity contribution in [3.05, 3.63) is 384 Å². The van der Waals surface area contributed by atoms with Gasteiger partial charge in [-0.3, -0.25) is 9.59 Å². The van der Waals surface area contributed by atoms with Gasteiger partial charge in [-0.2, -0.15) is 31.6 Å². The molecule has 6 aliphatic rings. The molecule has 7 aromatic carbocycles. The molecule has 7 aromatic rings. The van der Waals surface area contributed by atoms with E-state index in [0.29, 0.717) is 130 Å². The van der Waals surface area contributed by atoms with Gasteiger partial charge in [0.05, 0.1) is 164 Å². The number of carboxylic acids is 5. The van der Waals surface area contributed by atoms with Crippen LogP contribution in [0.25, 0.3) is 0 Å². The first kappa shape index (κ1) is 109. The molecule has 0 saturated carbocycles. The van der Waals surface area contributed by atoms with Gasteiger partial charge in [0.1, 0.15) is 81.6 Å². The molecule has 0 radical (unpaired) electrons. The molecular formula is C109H99N7O26. The van der Waals surface area contributed by atoms with E-state index in [9.17, 15) is 84.3 Å². The van der Waals surface area contributed by atoms with Crippen LogP contribution in [-0.2, 0) is 82.7 Å². The van der Waals surface area contributed by atoms with Crippen LogP contribution in [0.2, 0.25) is 0 Å². The first-order valence-electron chi connectivity index (χ1n) is 43.6. The van der Waals surface area contributed by atoms with Gasteiger partial charge < -0.3 is 78.6 Å². The summed E-state index contributed by atoms with van der Waals surface area (Å²) in [6.45, 7) is 27.0. The summed E-state index contributed by atoms with van der Waals surface area (Å²) in [5.74, 6) is -7.03. The summed E-state index contributed by atoms with van der Waals surface area (Å²) in [6, 6.07) is 60.0. The van der Waals surface area contributed by atoms with Crippen molar-refractivity contribution >= 4 is 65.3 Å². The molecule has 6 unspecified atom stereocenters. The Bertz CT molecular complexity index is 6950. The Morgan fingerprint density at radius 3 is 0.838 bits per heavy atom. The minimum Gasteiger partial charge on any atom is -0.478 e. The van der Waals surface area contributed by atoms with Crippen LogP contribution >= 0.6 is 0 Å². The van der Waals surface area contributed by atoms with Gasteiger partial charge in [0.2, 0.25) is 5.88 Å². The van der Waals surface area contributed by atoms with Gasteiger partial charge in [-0.15, -0.1) is 0 Å². The van der Waals surface area contributed by atoms with Crippen LogP contribution < -0.4 is 5.73 Å². The molecule has 0 saturated heterocycles. The van der Waals surface area contributed by atoms with E-state index in [4.69, 9.17) is 78.6 Å². The first-order valence-corrected chi connectivity index (χ1v) is 43.6. The van der Waals surface area contributed by atoms with Gasteiger partial charge in [0.15, 0.2) is 11.6 Å². The number of ketones is 2. The Balaban J connectivity index is 0.000000209. The lowest BCUT2D eigenvalue weighted by Crippen LogP contribution is -2.25. The van der Waals surface area contributed by atoms with E-state index in [-0.39, 0.29) is 93.0 Å². The van der Waals surface area contributed by atoms with Crippen LogP contribution in [0.1, 0.15) is 236 Å². The van der Waals surface area contributed by atoms with Gasteiger partial charge in [-0.1, -0.05) is 121 Å². The summed E-state index contributed by atoms with van der Waals surface area (Å²) in [4.78, 5) is 129. The maximum Gasteiger partial charge on any atom is 0.338 e. The number of methoxy groups -OCH3 is 1. The number of esters is 4. The molecule has 6 atom stereocenters. The topological polar surface area (TPSA) is 550 Å². The highest BCUT2D eigenvalue weighted by molar-refractivity contribution is 6.00. The molecule has 33 nitrogen and oxygen atoms in total. The number of Topliss-reactive ketones (excluding diaryl/α,β-unsaturated/α-hetero) is 2. The van der Waals surface area contributed by atoms with Gasteiger partial charge in [-0.25, -0.2) is 43.2 Å². The fourth-order valence-corrected chi connectivity index (χ4v) is 16.3. The average molecular weight is 1920 g/mol. The molecule has 7 N–H and O–H groups in total. The van der Waals surface area contributed by atoms with Crippen molar-refractivity contribution in [2.45, 2.75) is 153 Å². The number of allylic oxidation sites excluding steroid dienone is 19. The summed E-state index contributed by atoms with van der Waals surface area (Å²) in [5, 5.41) is 102. The number of ether oxygens (including phenoxy) is 10. The highest BCUT2D eigenvalue weighted by Gasteiger charge is 2.42. The second-order valence-electron chi connectivity index (χ2n) is 32.0. The maximum absolute atomic E-state index is 12.9. The number of aromatic carboxylic acids is 5. The Labute approximate surface area is 818 Å². The summed E-state index contributed by atoms with van der Waals surface area (Å²) in [5.41, 5.74) is 15.9. The maximum atomic E-state index is 12.9. The summed E-state index contributed by atoms with van der Waals surface area (Å²) < 4.78 is 53.5. The molecule has 0 bridgehead atoms. The lowest BCUT2D eigenvalue weighted by molar-refractivity contribution is -0.141. The zero-order chi connectivity index (χ0) is 105. The monoisotopic (exact) mass is 1920 g/mol. The Hall–Kier alpha value is -18.5. The first-order chi connectivity index (χ1) is 67.4. The van der Waals surface area contributed by atoms with Gasteiger partial charge in [0, 0.05) is 11.1 Å². The van der Waals surface area contributed by atoms with Crippen LogP contribution in [0.5, 0.6) is 0 Å². The molecule has 0 fully saturated rings. The largest absolute Gasteiger partial charge is 0.478 e. The number of carboxylic acid groups (broad SMARTS) is 5. The molecule has 6 heterocycles. The van der Waals surface area contributed by atoms with Crippen molar-refractivity contribution in [3.8, 4) is 36.4 Å². The van der Waals surface area contributed by atoms with Crippen LogP contribution in [-0.4, -0.2) is 111 Å². The zero-order valence-electron chi connectivity index (χ0n) is 80.4. The fourth-order valence-electron chi connectivity index (χ4n) is 16.3. The third-order valence-corrected chi connectivity index (χ3v) is 22.8. The predicted octanol–water partition coefficient (Wildman–Crippen LogP) is 19.1. The lowest BCUT2D eigenvalue weighted by Gasteiger charge is -2.27. The summed E-state index contributed by atoms with van der Waals surface area (Å²) in [6.07, 6.45) is 0. The second kappa shape index (κ2) is 49.3. The number of nitrogens with zero attached hydrogens (tertiary/aromatic N) is 6. The molecule has 726 valence electrons. The lowest BCUT2D eigenvalue weighted by atomic mass is 9.80. The highest BCUT2D eigenvalue weighted by Crippen LogP contribution is 2.48. The van der Waals surface area contributed by atoms with Crippen molar-refractivity contribution in [2.24, 2.45) is 5.73 Å². The van der Waals surface area contributed by atoms with Crippen molar-refractivity contribution in [1.82, 2.24) is 0 Å². The van der Waals surface area contributed by atoms with E-state index in [2.05, 4.69) is 36.4 Å². The third kappa shape index (κ3) is 25.6. The number of aryl methyl sites for hydroxylation is 1. The van der Waals surface area contributed by atoms with E-state index in [0.717, 1.165) is 16.7 Å². The van der Waals surface area contributed by atoms with E-state index < -0.39 is 89.2 Å². The number of rotatable bonds is 21. The number of hydrogen-bond donors (Lipinski definition) is 6. The quantitative estimate of drug-likeness (QED) is 0.0287. The fraction of sp³-hybridized carbons (Fsp3) is 0.239. The Kier molecular flexibility index (Phi) is 37.8. The smallest absolute Gasteiger partial charge is 0.338 e. The predicted molar refractivity (Wildman–Crippen MR) is 509 cm³/mol. The second-order valence-corrected chi connectivity index (χ2v) is 32.0. The molecule has 33 heteroatoms. The summed E-state index contributed by atoms with van der Waals surface area (Å²) >= 11 is 0. The SMILES string of the molecule is CC(=O)C1=C(C)OC(C)=C(C#N)C1c1ccc(C(=O)O)cc1.CC(=O)C1=C(C)OC(C)=C(C#N)C1c1cccc(C(=O)O)c1.CC1=C(C#N)C(c2ccc(C(=O)O)cc2)C(C(=O)OCc2ccccc2)=C(C)O1.CCOC(=O)C1=C(C)OC(C)=C(C#N)C1c1ccc(C(=O)O)cc1.CCOC(=O)C1=C(C)OC(N)=C(C#N)C1c1cccc(C)c1.COC(=O)C1=C(C)OC(C)=C(C#N)C1c1ccc(C(=O)O)cc1. The van der Waals surface area contributed by atoms with Crippen LogP contribution in [0.4, 0.5) is 0 Å². The van der Waals surface area contributed by atoms with E-state index in [1.165, 1.54) is 81.6 Å². The van der Waals surface area contributed by atoms with Crippen LogP contribution in [0.15, 0.2) is 312 Å². The molecular weight excluding hydrogens is 1820 g/mol. The molecule has 0 amide bonds. The zero-order valence-corrected chi connectivity index (χ0v) is 80.4. The number of hydrogen-bond acceptors (Lipinski definition) is 28. The average Bonchev–Trinajstić information content (AvgIpc) is 0.794. The molecule has 0 aromatic heterocycles. The number of nitriles is 6. The van der Waals surface area contributed by atoms with Crippen molar-refractivity contribution in [2.75, 3.05) is 20.3 Å². The minimum atomic E-state index is -1.06. The summed E-state index contributed by atoms with van der Waals surface area (Å²) in [7, 11) is 1.25. The van der Waals surface area contributed by atoms with Crippen LogP contribution in [0.3, 0.4) is 0 Å². The molecule has 13 rings (SSSR count). The molecule has 0 spiro atoms. The van der Waals surface area contributed by atoms with Crippen LogP contribution in [0, 0.1) is 74.9 Å². The minimum absolute atomic E-state index is 0.0274. The Morgan fingerprint density at radius 1 is 0.296 bits per heavy atom. The number of nitrogens with two attached hydrogens (primary N) is 1. The van der Waals surface area contributed by atoms with E-state index >= 15 is 0 Å². The van der Waals surface area contributed by atoms with Gasteiger partial charge >= 0.3 is 53.7 Å². The van der Waals surface area contributed by atoms with Gasteiger partial charge in [-0.05, 0) is 210 Å². The standard InChI is InChI=1S/C23H19NO5.C18H17NO5.C17H18N2O3.C17H15NO5.2C17H15NO4/c1-14-19(12-24)21(17-8-10-18(11-9-17)22(25)26)20(15(2)29-14)23(27)28-13-16-6-4-3-5-7-16;1-4-23-18(22)15-11(3)24-10(2)14(9-19)16(15)12-5-7-13(8-6-12)17(20)21;1-4-21-17(20)14-11(3)22-16(19)13(9-18)15(14)12-7-5-6-10(2)8-12;1-9-13(8-18)15(14(10(2)23-9)17(21)22-3)11-4-6-12(7-5-11)16(19)20;1-9(19)15-11(3)22-10(2)14(8-18)16(15)12-4-6-13(7-5-12)17(20)21;1-9(19)15-11(3)22-10(2)14(8-18)16(15)12-5-4-6-13(7-12)17(20)21/h3-11,21H,13H2,1-2H3,(H,25,26);5-8,16H,4H2,1-3H3,(H,20,21);5-8,15H,4,19H2,1-3H3;4-7,15H,1-3H3,(H,19,20);2*4-7,16H,1-3H3,(H,20,21). The van der Waals surface area contributed by atoms with Crippen molar-refractivity contribution in [1.29, 1.82) is 31.6 Å². The molecule has 0 aliphatic carbocycles. The van der Waals surface area contributed by atoms with Gasteiger partial charge in [0.25, 0.3) is 0 Å².